The van der Waals surface area contributed by atoms with E-state index in [-0.39, 0.29) is 4.90 Å². The van der Waals surface area contributed by atoms with Gasteiger partial charge in [0, 0.05) is 0 Å². The Morgan fingerprint density at radius 3 is 2.25 bits per heavy atom. The lowest BCUT2D eigenvalue weighted by Gasteiger charge is -2.08. The second-order valence-electron chi connectivity index (χ2n) is 3.40. The Morgan fingerprint density at radius 1 is 1.31 bits per heavy atom. The number of hydrogen-bond donors (Lipinski definition) is 1. The zero-order valence-corrected chi connectivity index (χ0v) is 11.3. The number of nitrogens with one attached hydrogen (secondary N) is 1. The molecule has 0 bridgehead atoms. The largest absolute Gasteiger partial charge is 0.273 e. The fraction of sp³-hybridized carbons (Fsp3) is 0.300. The molecule has 1 amide bonds. The maximum atomic E-state index is 11.7. The lowest BCUT2D eigenvalue weighted by atomic mass is 10.2. The van der Waals surface area contributed by atoms with Gasteiger partial charge in [-0.3, -0.25) is 4.79 Å². The molecule has 1 atom stereocenters. The molecule has 0 spiro atoms. The van der Waals surface area contributed by atoms with Crippen LogP contribution in [0.4, 0.5) is 0 Å². The third-order valence-corrected chi connectivity index (χ3v) is 3.71. The van der Waals surface area contributed by atoms with Crippen molar-refractivity contribution in [2.45, 2.75) is 23.6 Å². The fourth-order valence-electron chi connectivity index (χ4n) is 0.990. The molecule has 16 heavy (non-hydrogen) atoms. The van der Waals surface area contributed by atoms with Gasteiger partial charge in [0.25, 0.3) is 10.0 Å². The third kappa shape index (κ3) is 3.31. The molecule has 0 fully saturated rings. The number of alkyl halides is 1. The van der Waals surface area contributed by atoms with Crippen LogP contribution in [0.25, 0.3) is 0 Å². The van der Waals surface area contributed by atoms with Gasteiger partial charge in [-0.2, -0.15) is 0 Å². The monoisotopic (exact) mass is 305 g/mol. The summed E-state index contributed by atoms with van der Waals surface area (Å²) >= 11 is 3.00. The first-order valence-corrected chi connectivity index (χ1v) is 7.00. The summed E-state index contributed by atoms with van der Waals surface area (Å²) in [5.41, 5.74) is 0.958. The van der Waals surface area contributed by atoms with Crippen molar-refractivity contribution >= 4 is 31.9 Å². The van der Waals surface area contributed by atoms with E-state index in [1.807, 2.05) is 11.6 Å². The van der Waals surface area contributed by atoms with Gasteiger partial charge in [-0.15, -0.1) is 0 Å². The average molecular weight is 306 g/mol. The highest BCUT2D eigenvalue weighted by atomic mass is 79.9. The molecule has 1 rings (SSSR count). The van der Waals surface area contributed by atoms with Gasteiger partial charge in [0.15, 0.2) is 0 Å². The van der Waals surface area contributed by atoms with E-state index in [2.05, 4.69) is 15.9 Å². The first-order chi connectivity index (χ1) is 7.33. The van der Waals surface area contributed by atoms with Crippen LogP contribution in [-0.4, -0.2) is 19.2 Å². The van der Waals surface area contributed by atoms with E-state index in [9.17, 15) is 13.2 Å². The summed E-state index contributed by atoms with van der Waals surface area (Å²) in [5.74, 6) is -0.583. The van der Waals surface area contributed by atoms with Crippen molar-refractivity contribution in [1.29, 1.82) is 0 Å². The Hall–Kier alpha value is -0.880. The molecule has 0 aliphatic carbocycles. The highest BCUT2D eigenvalue weighted by Crippen LogP contribution is 2.10. The van der Waals surface area contributed by atoms with Crippen LogP contribution in [0, 0.1) is 6.92 Å². The van der Waals surface area contributed by atoms with E-state index in [1.54, 1.807) is 19.1 Å². The van der Waals surface area contributed by atoms with Gasteiger partial charge in [0.2, 0.25) is 5.91 Å². The number of hydrogen-bond acceptors (Lipinski definition) is 3. The Morgan fingerprint density at radius 2 is 1.81 bits per heavy atom. The SMILES string of the molecule is Cc1ccc(S(=O)(=O)NC(=O)C(C)Br)cc1. The van der Waals surface area contributed by atoms with Crippen molar-refractivity contribution in [2.75, 3.05) is 0 Å². The number of amides is 1. The van der Waals surface area contributed by atoms with E-state index in [0.29, 0.717) is 0 Å². The van der Waals surface area contributed by atoms with Gasteiger partial charge < -0.3 is 0 Å². The van der Waals surface area contributed by atoms with Crippen LogP contribution in [0.2, 0.25) is 0 Å². The zero-order valence-electron chi connectivity index (χ0n) is 8.90. The minimum atomic E-state index is -3.75. The fourth-order valence-corrected chi connectivity index (χ4v) is 2.31. The van der Waals surface area contributed by atoms with Crippen LogP contribution in [-0.2, 0) is 14.8 Å². The maximum absolute atomic E-state index is 11.7. The van der Waals surface area contributed by atoms with Gasteiger partial charge in [-0.05, 0) is 26.0 Å². The molecule has 0 saturated heterocycles. The molecule has 0 aliphatic rings. The lowest BCUT2D eigenvalue weighted by molar-refractivity contribution is -0.118. The van der Waals surface area contributed by atoms with Crippen molar-refractivity contribution in [2.24, 2.45) is 0 Å². The number of aryl methyl sites for hydroxylation is 1. The lowest BCUT2D eigenvalue weighted by Crippen LogP contribution is -2.34. The maximum Gasteiger partial charge on any atom is 0.264 e. The smallest absolute Gasteiger partial charge is 0.264 e. The zero-order chi connectivity index (χ0) is 12.3. The number of sulfonamides is 1. The summed E-state index contributed by atoms with van der Waals surface area (Å²) in [4.78, 5) is 10.8. The summed E-state index contributed by atoms with van der Waals surface area (Å²) in [5, 5.41) is 0. The van der Waals surface area contributed by atoms with Crippen molar-refractivity contribution < 1.29 is 13.2 Å². The average Bonchev–Trinajstić information content (AvgIpc) is 2.17. The number of benzene rings is 1. The molecule has 1 aromatic rings. The van der Waals surface area contributed by atoms with E-state index in [1.165, 1.54) is 12.1 Å². The predicted octanol–water partition coefficient (Wildman–Crippen LogP) is 1.58. The molecule has 1 N–H and O–H groups in total. The topological polar surface area (TPSA) is 63.2 Å². The minimum absolute atomic E-state index is 0.0830. The van der Waals surface area contributed by atoms with Gasteiger partial charge in [0.1, 0.15) is 0 Å². The molecular weight excluding hydrogens is 294 g/mol. The van der Waals surface area contributed by atoms with Gasteiger partial charge in [0.05, 0.1) is 9.72 Å². The van der Waals surface area contributed by atoms with Crippen molar-refractivity contribution in [1.82, 2.24) is 4.72 Å². The molecule has 0 radical (unpaired) electrons. The molecule has 4 nitrogen and oxygen atoms in total. The second kappa shape index (κ2) is 4.97. The molecule has 0 aromatic heterocycles. The van der Waals surface area contributed by atoms with E-state index < -0.39 is 20.8 Å². The Bertz CT molecular complexity index is 479. The van der Waals surface area contributed by atoms with E-state index in [4.69, 9.17) is 0 Å². The summed E-state index contributed by atoms with van der Waals surface area (Å²) in [6, 6.07) is 6.28. The molecule has 0 heterocycles. The molecule has 1 unspecified atom stereocenters. The van der Waals surface area contributed by atoms with Crippen LogP contribution in [0.1, 0.15) is 12.5 Å². The van der Waals surface area contributed by atoms with E-state index >= 15 is 0 Å². The second-order valence-corrected chi connectivity index (χ2v) is 6.45. The van der Waals surface area contributed by atoms with Gasteiger partial charge in [-0.1, -0.05) is 33.6 Å². The van der Waals surface area contributed by atoms with Crippen LogP contribution < -0.4 is 4.72 Å². The molecule has 0 saturated carbocycles. The third-order valence-electron chi connectivity index (χ3n) is 1.93. The normalized spacial score (nSPS) is 13.2. The van der Waals surface area contributed by atoms with Gasteiger partial charge >= 0.3 is 0 Å². The van der Waals surface area contributed by atoms with Gasteiger partial charge in [-0.25, -0.2) is 13.1 Å². The molecule has 88 valence electrons. The minimum Gasteiger partial charge on any atom is -0.273 e. The standard InChI is InChI=1S/C10H12BrNO3S/c1-7-3-5-9(6-4-7)16(14,15)12-10(13)8(2)11/h3-6,8H,1-2H3,(H,12,13). The predicted molar refractivity (Wildman–Crippen MR) is 64.9 cm³/mol. The van der Waals surface area contributed by atoms with Crippen LogP contribution >= 0.6 is 15.9 Å². The Labute approximate surface area is 103 Å². The van der Waals surface area contributed by atoms with Crippen molar-refractivity contribution in [3.63, 3.8) is 0 Å². The van der Waals surface area contributed by atoms with Crippen molar-refractivity contribution in [3.8, 4) is 0 Å². The number of rotatable bonds is 3. The summed E-state index contributed by atoms with van der Waals surface area (Å²) in [6.45, 7) is 3.41. The molecular formula is C10H12BrNO3S. The van der Waals surface area contributed by atoms with Crippen LogP contribution in [0.5, 0.6) is 0 Å². The van der Waals surface area contributed by atoms with Crippen LogP contribution in [0.3, 0.4) is 0 Å². The van der Waals surface area contributed by atoms with Crippen molar-refractivity contribution in [3.05, 3.63) is 29.8 Å². The summed E-state index contributed by atoms with van der Waals surface area (Å²) in [6.07, 6.45) is 0. The number of carbonyl (C=O) groups excluding carboxylic acids is 1. The Balaban J connectivity index is 2.95. The first-order valence-electron chi connectivity index (χ1n) is 4.60. The van der Waals surface area contributed by atoms with E-state index in [0.717, 1.165) is 5.56 Å². The number of carbonyl (C=O) groups is 1. The first kappa shape index (κ1) is 13.2. The summed E-state index contributed by atoms with van der Waals surface area (Å²) in [7, 11) is -3.75. The Kier molecular flexibility index (Phi) is 4.09. The highest BCUT2D eigenvalue weighted by Gasteiger charge is 2.19. The highest BCUT2D eigenvalue weighted by molar-refractivity contribution is 9.10. The molecule has 1 aromatic carbocycles. The summed E-state index contributed by atoms with van der Waals surface area (Å²) < 4.78 is 25.4. The van der Waals surface area contributed by atoms with Crippen LogP contribution in [0.15, 0.2) is 29.2 Å². The molecule has 0 aliphatic heterocycles. The quantitative estimate of drug-likeness (QED) is 0.863. The molecule has 6 heteroatoms. The number of halogens is 1.